The van der Waals surface area contributed by atoms with E-state index < -0.39 is 5.54 Å². The molecule has 0 heterocycles. The highest BCUT2D eigenvalue weighted by molar-refractivity contribution is 7.99. The van der Waals surface area contributed by atoms with Gasteiger partial charge in [0.2, 0.25) is 0 Å². The highest BCUT2D eigenvalue weighted by atomic mass is 32.2. The van der Waals surface area contributed by atoms with Crippen molar-refractivity contribution in [1.82, 2.24) is 5.32 Å². The molecule has 2 atom stereocenters. The SMILES string of the molecule is COC(=O)C1(NC(C)C)CCCC1CCSC1CCCC1. The number of carbonyl (C=O) groups excluding carboxylic acids is 1. The smallest absolute Gasteiger partial charge is 0.326 e. The average Bonchev–Trinajstić information content (AvgIpc) is 3.08. The van der Waals surface area contributed by atoms with Crippen LogP contribution in [0.25, 0.3) is 0 Å². The first kappa shape index (κ1) is 17.1. The van der Waals surface area contributed by atoms with Crippen molar-refractivity contribution in [1.29, 1.82) is 0 Å². The van der Waals surface area contributed by atoms with Gasteiger partial charge in [-0.1, -0.05) is 19.3 Å². The lowest BCUT2D eigenvalue weighted by Gasteiger charge is -2.35. The van der Waals surface area contributed by atoms with E-state index in [2.05, 4.69) is 30.9 Å². The molecule has 0 aliphatic heterocycles. The Kier molecular flexibility index (Phi) is 6.42. The first-order valence-corrected chi connectivity index (χ1v) is 9.61. The molecule has 2 aliphatic carbocycles. The normalized spacial score (nSPS) is 30.2. The number of methoxy groups -OCH3 is 1. The second-order valence-electron chi connectivity index (χ2n) is 6.92. The number of carbonyl (C=O) groups is 1. The van der Waals surface area contributed by atoms with Crippen LogP contribution in [0, 0.1) is 5.92 Å². The molecular weight excluding hydrogens is 282 g/mol. The van der Waals surface area contributed by atoms with E-state index in [1.165, 1.54) is 38.5 Å². The van der Waals surface area contributed by atoms with Gasteiger partial charge in [-0.25, -0.2) is 0 Å². The van der Waals surface area contributed by atoms with Gasteiger partial charge in [0.05, 0.1) is 7.11 Å². The Hall–Kier alpha value is -0.220. The van der Waals surface area contributed by atoms with Crippen LogP contribution in [-0.2, 0) is 9.53 Å². The van der Waals surface area contributed by atoms with E-state index in [0.29, 0.717) is 12.0 Å². The van der Waals surface area contributed by atoms with Crippen LogP contribution >= 0.6 is 11.8 Å². The molecule has 0 saturated heterocycles. The molecule has 0 amide bonds. The molecule has 1 N–H and O–H groups in total. The summed E-state index contributed by atoms with van der Waals surface area (Å²) in [5, 5.41) is 4.42. The quantitative estimate of drug-likeness (QED) is 0.726. The zero-order chi connectivity index (χ0) is 15.3. The highest BCUT2D eigenvalue weighted by Gasteiger charge is 2.49. The first-order valence-electron chi connectivity index (χ1n) is 8.56. The van der Waals surface area contributed by atoms with Crippen LogP contribution in [0.4, 0.5) is 0 Å². The summed E-state index contributed by atoms with van der Waals surface area (Å²) in [6.07, 6.45) is 9.94. The summed E-state index contributed by atoms with van der Waals surface area (Å²) in [5.41, 5.74) is -0.431. The monoisotopic (exact) mass is 313 g/mol. The molecule has 21 heavy (non-hydrogen) atoms. The van der Waals surface area contributed by atoms with E-state index in [-0.39, 0.29) is 5.97 Å². The zero-order valence-corrected chi connectivity index (χ0v) is 14.6. The topological polar surface area (TPSA) is 38.3 Å². The van der Waals surface area contributed by atoms with Gasteiger partial charge >= 0.3 is 5.97 Å². The fourth-order valence-electron chi connectivity index (χ4n) is 4.12. The van der Waals surface area contributed by atoms with Crippen LogP contribution in [0.3, 0.4) is 0 Å². The number of hydrogen-bond acceptors (Lipinski definition) is 4. The Morgan fingerprint density at radius 1 is 1.29 bits per heavy atom. The largest absolute Gasteiger partial charge is 0.468 e. The molecule has 2 aliphatic rings. The van der Waals surface area contributed by atoms with Crippen LogP contribution < -0.4 is 5.32 Å². The summed E-state index contributed by atoms with van der Waals surface area (Å²) in [4.78, 5) is 12.4. The number of thioether (sulfide) groups is 1. The van der Waals surface area contributed by atoms with Crippen molar-refractivity contribution in [2.24, 2.45) is 5.92 Å². The van der Waals surface area contributed by atoms with Gasteiger partial charge in [-0.3, -0.25) is 10.1 Å². The maximum Gasteiger partial charge on any atom is 0.326 e. The Balaban J connectivity index is 1.92. The summed E-state index contributed by atoms with van der Waals surface area (Å²) in [7, 11) is 1.52. The third-order valence-electron chi connectivity index (χ3n) is 5.04. The summed E-state index contributed by atoms with van der Waals surface area (Å²) in [6.45, 7) is 4.24. The zero-order valence-electron chi connectivity index (χ0n) is 13.8. The minimum absolute atomic E-state index is 0.0513. The van der Waals surface area contributed by atoms with Crippen molar-refractivity contribution in [3.8, 4) is 0 Å². The van der Waals surface area contributed by atoms with Crippen molar-refractivity contribution < 1.29 is 9.53 Å². The van der Waals surface area contributed by atoms with E-state index >= 15 is 0 Å². The van der Waals surface area contributed by atoms with Gasteiger partial charge in [0.1, 0.15) is 5.54 Å². The predicted octanol–water partition coefficient (Wildman–Crippen LogP) is 3.76. The molecule has 2 saturated carbocycles. The van der Waals surface area contributed by atoms with E-state index in [0.717, 1.165) is 30.9 Å². The average molecular weight is 314 g/mol. The van der Waals surface area contributed by atoms with Gasteiger partial charge in [-0.2, -0.15) is 11.8 Å². The van der Waals surface area contributed by atoms with Crippen molar-refractivity contribution in [3.63, 3.8) is 0 Å². The number of nitrogens with one attached hydrogen (secondary N) is 1. The van der Waals surface area contributed by atoms with Crippen molar-refractivity contribution in [2.45, 2.75) is 82.0 Å². The maximum atomic E-state index is 12.4. The molecule has 0 bridgehead atoms. The number of ether oxygens (including phenoxy) is 1. The lowest BCUT2D eigenvalue weighted by atomic mass is 9.84. The molecular formula is C17H31NO2S. The van der Waals surface area contributed by atoms with Crippen LogP contribution in [0.5, 0.6) is 0 Å². The van der Waals surface area contributed by atoms with Crippen LogP contribution in [0.1, 0.15) is 65.2 Å². The Bertz CT molecular complexity index is 342. The second-order valence-corrected chi connectivity index (χ2v) is 8.33. The van der Waals surface area contributed by atoms with Crippen molar-refractivity contribution in [2.75, 3.05) is 12.9 Å². The molecule has 2 rings (SSSR count). The Morgan fingerprint density at radius 2 is 2.00 bits per heavy atom. The first-order chi connectivity index (χ1) is 10.1. The third-order valence-corrected chi connectivity index (χ3v) is 6.45. The molecule has 0 aromatic heterocycles. The third kappa shape index (κ3) is 4.16. The summed E-state index contributed by atoms with van der Waals surface area (Å²) < 4.78 is 5.14. The maximum absolute atomic E-state index is 12.4. The molecule has 3 nitrogen and oxygen atoms in total. The number of rotatable bonds is 7. The molecule has 0 spiro atoms. The van der Waals surface area contributed by atoms with Crippen LogP contribution in [-0.4, -0.2) is 35.7 Å². The van der Waals surface area contributed by atoms with E-state index in [1.54, 1.807) is 0 Å². The predicted molar refractivity (Wildman–Crippen MR) is 89.7 cm³/mol. The summed E-state index contributed by atoms with van der Waals surface area (Å²) >= 11 is 2.13. The molecule has 2 unspecified atom stereocenters. The van der Waals surface area contributed by atoms with Gasteiger partial charge in [0.15, 0.2) is 0 Å². The molecule has 0 aromatic rings. The molecule has 4 heteroatoms. The van der Waals surface area contributed by atoms with Crippen LogP contribution in [0.2, 0.25) is 0 Å². The second kappa shape index (κ2) is 7.87. The minimum atomic E-state index is -0.431. The minimum Gasteiger partial charge on any atom is -0.468 e. The van der Waals surface area contributed by atoms with E-state index in [9.17, 15) is 4.79 Å². The lowest BCUT2D eigenvalue weighted by molar-refractivity contribution is -0.150. The lowest BCUT2D eigenvalue weighted by Crippen LogP contribution is -2.57. The van der Waals surface area contributed by atoms with Crippen molar-refractivity contribution >= 4 is 17.7 Å². The molecule has 0 radical (unpaired) electrons. The van der Waals surface area contributed by atoms with Crippen molar-refractivity contribution in [3.05, 3.63) is 0 Å². The number of hydrogen-bond donors (Lipinski definition) is 1. The fraction of sp³-hybridized carbons (Fsp3) is 0.941. The fourth-order valence-corrected chi connectivity index (χ4v) is 5.54. The Labute approximate surface area is 134 Å². The number of esters is 1. The summed E-state index contributed by atoms with van der Waals surface area (Å²) in [5.74, 6) is 1.57. The van der Waals surface area contributed by atoms with Crippen LogP contribution in [0.15, 0.2) is 0 Å². The summed E-state index contributed by atoms with van der Waals surface area (Å²) in [6, 6.07) is 0.312. The Morgan fingerprint density at radius 3 is 2.62 bits per heavy atom. The van der Waals surface area contributed by atoms with Gasteiger partial charge in [-0.15, -0.1) is 0 Å². The van der Waals surface area contributed by atoms with E-state index in [1.807, 2.05) is 0 Å². The van der Waals surface area contributed by atoms with E-state index in [4.69, 9.17) is 4.74 Å². The highest BCUT2D eigenvalue weighted by Crippen LogP contribution is 2.41. The molecule has 2 fully saturated rings. The van der Waals surface area contributed by atoms with Gasteiger partial charge < -0.3 is 4.74 Å². The molecule has 0 aromatic carbocycles. The molecule has 122 valence electrons. The van der Waals surface area contributed by atoms with Gasteiger partial charge in [0.25, 0.3) is 0 Å². The standard InChI is InChI=1S/C17H31NO2S/c1-13(2)18-17(16(19)20-3)11-6-7-14(17)10-12-21-15-8-4-5-9-15/h13-15,18H,4-12H2,1-3H3. The van der Waals surface area contributed by atoms with Gasteiger partial charge in [0, 0.05) is 11.3 Å². The van der Waals surface area contributed by atoms with Gasteiger partial charge in [-0.05, 0) is 57.6 Å².